The number of carbonyl (C=O) groups is 1. The van der Waals surface area contributed by atoms with Crippen LogP contribution in [0.3, 0.4) is 0 Å². The highest BCUT2D eigenvalue weighted by molar-refractivity contribution is 5.99. The van der Waals surface area contributed by atoms with Crippen LogP contribution in [0.15, 0.2) is 139 Å². The second-order valence-corrected chi connectivity index (χ2v) is 10.1. The van der Waals surface area contributed by atoms with Crippen molar-refractivity contribution < 1.29 is 9.53 Å². The van der Waals surface area contributed by atoms with Crippen molar-refractivity contribution in [2.75, 3.05) is 5.32 Å². The number of anilines is 1. The molecular formula is C36H33N5O2. The molecule has 0 fully saturated rings. The summed E-state index contributed by atoms with van der Waals surface area (Å²) in [5, 5.41) is 2.80. The number of rotatable bonds is 11. The second kappa shape index (κ2) is 13.9. The molecule has 0 bridgehead atoms. The third-order valence-corrected chi connectivity index (χ3v) is 6.71. The van der Waals surface area contributed by atoms with Gasteiger partial charge in [0.1, 0.15) is 17.3 Å². The number of nitrogens with zero attached hydrogens (tertiary/aromatic N) is 2. The van der Waals surface area contributed by atoms with Gasteiger partial charge in [-0.2, -0.15) is 0 Å². The van der Waals surface area contributed by atoms with Crippen LogP contribution < -0.4 is 21.5 Å². The molecule has 214 valence electrons. The maximum Gasteiger partial charge on any atom is 0.247 e. The van der Waals surface area contributed by atoms with Crippen molar-refractivity contribution in [2.24, 2.45) is 16.5 Å². The van der Waals surface area contributed by atoms with E-state index >= 15 is 0 Å². The van der Waals surface area contributed by atoms with Crippen molar-refractivity contribution in [2.45, 2.75) is 18.9 Å². The molecule has 0 aliphatic carbocycles. The number of amidine groups is 1. The molecule has 5 aromatic rings. The summed E-state index contributed by atoms with van der Waals surface area (Å²) >= 11 is 0. The molecule has 43 heavy (non-hydrogen) atoms. The van der Waals surface area contributed by atoms with Crippen LogP contribution in [0, 0.1) is 0 Å². The third-order valence-electron chi connectivity index (χ3n) is 6.71. The van der Waals surface area contributed by atoms with Gasteiger partial charge in [0.25, 0.3) is 0 Å². The molecule has 0 saturated heterocycles. The van der Waals surface area contributed by atoms with Crippen molar-refractivity contribution in [3.8, 4) is 22.8 Å². The zero-order valence-electron chi connectivity index (χ0n) is 23.7. The van der Waals surface area contributed by atoms with Crippen molar-refractivity contribution in [3.05, 3.63) is 151 Å². The van der Waals surface area contributed by atoms with Gasteiger partial charge >= 0.3 is 0 Å². The van der Waals surface area contributed by atoms with Gasteiger partial charge in [-0.25, -0.2) is 9.98 Å². The van der Waals surface area contributed by atoms with E-state index < -0.39 is 0 Å². The Labute approximate surface area is 251 Å². The number of nitrogens with one attached hydrogen (secondary N) is 1. The van der Waals surface area contributed by atoms with Crippen molar-refractivity contribution in [3.63, 3.8) is 0 Å². The van der Waals surface area contributed by atoms with Gasteiger partial charge in [0.05, 0.1) is 5.69 Å². The molecule has 1 atom stereocenters. The van der Waals surface area contributed by atoms with Crippen LogP contribution in [0.4, 0.5) is 11.5 Å². The lowest BCUT2D eigenvalue weighted by Crippen LogP contribution is -2.21. The van der Waals surface area contributed by atoms with E-state index in [0.29, 0.717) is 35.9 Å². The van der Waals surface area contributed by atoms with Crippen LogP contribution in [0.5, 0.6) is 11.5 Å². The average Bonchev–Trinajstić information content (AvgIpc) is 3.02. The minimum atomic E-state index is -0.355. The molecule has 5 rings (SSSR count). The molecule has 0 saturated carbocycles. The van der Waals surface area contributed by atoms with Gasteiger partial charge in [-0.15, -0.1) is 0 Å². The first-order valence-electron chi connectivity index (χ1n) is 14.0. The topological polar surface area (TPSA) is 116 Å². The van der Waals surface area contributed by atoms with E-state index in [0.717, 1.165) is 33.8 Å². The number of aromatic nitrogens is 1. The minimum absolute atomic E-state index is 0.282. The van der Waals surface area contributed by atoms with Gasteiger partial charge in [-0.05, 0) is 77.7 Å². The molecule has 7 nitrogen and oxygen atoms in total. The number of nitrogens with two attached hydrogens (primary N) is 2. The lowest BCUT2D eigenvalue weighted by molar-refractivity contribution is -0.111. The SMILES string of the molecule is C=CC(=O)Nc1cccc(-c2cc(Cc3ccccc3)cc(N=C(N)CC(N)c3ccc(Oc4ccccc4)cc3)n2)c1. The fraction of sp³-hybridized carbons (Fsp3) is 0.0833. The van der Waals surface area contributed by atoms with Crippen LogP contribution in [-0.2, 0) is 11.2 Å². The summed E-state index contributed by atoms with van der Waals surface area (Å²) in [5.41, 5.74) is 18.2. The standard InChI is InChI=1S/C36H33N5O2/c1-2-36(42)39-29-13-9-12-28(23-29)33-21-26(20-25-10-5-3-6-11-25)22-35(40-33)41-34(38)24-32(37)27-16-18-31(19-17-27)43-30-14-7-4-8-15-30/h2-19,21-23,32H,1,20,24,37H2,(H,39,42)(H2,38,40,41). The Morgan fingerprint density at radius 2 is 1.56 bits per heavy atom. The number of hydrogen-bond donors (Lipinski definition) is 3. The molecule has 0 spiro atoms. The summed E-state index contributed by atoms with van der Waals surface area (Å²) in [5.74, 6) is 2.07. The van der Waals surface area contributed by atoms with Gasteiger partial charge in [-0.3, -0.25) is 4.79 Å². The van der Waals surface area contributed by atoms with Crippen molar-refractivity contribution >= 4 is 23.2 Å². The Morgan fingerprint density at radius 3 is 2.28 bits per heavy atom. The van der Waals surface area contributed by atoms with Gasteiger partial charge in [0.2, 0.25) is 5.91 Å². The number of aliphatic imine (C=N–C) groups is 1. The summed E-state index contributed by atoms with van der Waals surface area (Å²) in [6.45, 7) is 3.52. The smallest absolute Gasteiger partial charge is 0.247 e. The zero-order valence-corrected chi connectivity index (χ0v) is 23.7. The molecule has 1 heterocycles. The van der Waals surface area contributed by atoms with Crippen LogP contribution in [0.25, 0.3) is 11.3 Å². The van der Waals surface area contributed by atoms with E-state index in [1.165, 1.54) is 6.08 Å². The molecular weight excluding hydrogens is 534 g/mol. The lowest BCUT2D eigenvalue weighted by Gasteiger charge is -2.13. The fourth-order valence-corrected chi connectivity index (χ4v) is 4.60. The van der Waals surface area contributed by atoms with Crippen molar-refractivity contribution in [1.82, 2.24) is 4.98 Å². The average molecular weight is 568 g/mol. The molecule has 1 aromatic heterocycles. The Bertz CT molecular complexity index is 1720. The van der Waals surface area contributed by atoms with E-state index in [4.69, 9.17) is 21.2 Å². The number of benzene rings is 4. The van der Waals surface area contributed by atoms with E-state index in [-0.39, 0.29) is 11.9 Å². The van der Waals surface area contributed by atoms with Crippen LogP contribution in [0.1, 0.15) is 29.2 Å². The number of hydrogen-bond acceptors (Lipinski definition) is 5. The Balaban J connectivity index is 1.37. The molecule has 5 N–H and O–H groups in total. The molecule has 1 amide bonds. The first-order valence-corrected chi connectivity index (χ1v) is 14.0. The third kappa shape index (κ3) is 8.25. The molecule has 0 aliphatic rings. The number of ether oxygens (including phenoxy) is 1. The minimum Gasteiger partial charge on any atom is -0.457 e. The molecule has 4 aromatic carbocycles. The van der Waals surface area contributed by atoms with Crippen LogP contribution in [0.2, 0.25) is 0 Å². The largest absolute Gasteiger partial charge is 0.457 e. The van der Waals surface area contributed by atoms with Gasteiger partial charge in [0, 0.05) is 23.7 Å². The van der Waals surface area contributed by atoms with Gasteiger partial charge < -0.3 is 21.5 Å². The number of pyridine rings is 1. The molecule has 0 radical (unpaired) electrons. The van der Waals surface area contributed by atoms with Gasteiger partial charge in [0.15, 0.2) is 5.82 Å². The predicted octanol–water partition coefficient (Wildman–Crippen LogP) is 7.34. The van der Waals surface area contributed by atoms with Crippen LogP contribution in [-0.4, -0.2) is 16.7 Å². The summed E-state index contributed by atoms with van der Waals surface area (Å²) in [4.78, 5) is 21.3. The molecule has 7 heteroatoms. The molecule has 1 unspecified atom stereocenters. The van der Waals surface area contributed by atoms with E-state index in [1.54, 1.807) is 0 Å². The number of amides is 1. The van der Waals surface area contributed by atoms with Crippen LogP contribution >= 0.6 is 0 Å². The highest BCUT2D eigenvalue weighted by Crippen LogP contribution is 2.27. The first-order chi connectivity index (χ1) is 20.9. The quantitative estimate of drug-likeness (QED) is 0.0878. The highest BCUT2D eigenvalue weighted by atomic mass is 16.5. The second-order valence-electron chi connectivity index (χ2n) is 10.1. The van der Waals surface area contributed by atoms with E-state index in [9.17, 15) is 4.79 Å². The lowest BCUT2D eigenvalue weighted by atomic mass is 10.0. The predicted molar refractivity (Wildman–Crippen MR) is 174 cm³/mol. The Kier molecular flexibility index (Phi) is 9.36. The Hall–Kier alpha value is -5.53. The zero-order chi connectivity index (χ0) is 30.0. The monoisotopic (exact) mass is 567 g/mol. The summed E-state index contributed by atoms with van der Waals surface area (Å²) in [6, 6.07) is 38.6. The van der Waals surface area contributed by atoms with Crippen molar-refractivity contribution in [1.29, 1.82) is 0 Å². The molecule has 0 aliphatic heterocycles. The van der Waals surface area contributed by atoms with Gasteiger partial charge in [-0.1, -0.05) is 79.4 Å². The first kappa shape index (κ1) is 29.0. The summed E-state index contributed by atoms with van der Waals surface area (Å²) < 4.78 is 5.88. The Morgan fingerprint density at radius 1 is 0.860 bits per heavy atom. The summed E-state index contributed by atoms with van der Waals surface area (Å²) in [6.07, 6.45) is 2.28. The maximum atomic E-state index is 11.9. The van der Waals surface area contributed by atoms with E-state index in [1.807, 2.05) is 109 Å². The summed E-state index contributed by atoms with van der Waals surface area (Å²) in [7, 11) is 0. The maximum absolute atomic E-state index is 11.9. The number of para-hydroxylation sites is 1. The fourth-order valence-electron chi connectivity index (χ4n) is 4.60. The highest BCUT2D eigenvalue weighted by Gasteiger charge is 2.12. The number of carbonyl (C=O) groups excluding carboxylic acids is 1. The normalized spacial score (nSPS) is 11.9. The van der Waals surface area contributed by atoms with E-state index in [2.05, 4.69) is 29.0 Å².